The summed E-state index contributed by atoms with van der Waals surface area (Å²) >= 11 is 0. The predicted molar refractivity (Wildman–Crippen MR) is 37.4 cm³/mol. The Labute approximate surface area is 65.6 Å². The Morgan fingerprint density at radius 3 is 2.45 bits per heavy atom. The molecule has 4 nitrogen and oxygen atoms in total. The SMILES string of the molecule is CC(C)CC(NC=O)C(=O)[O-]. The number of nitrogens with one attached hydrogen (secondary N) is 1. The molecule has 0 aliphatic rings. The highest BCUT2D eigenvalue weighted by atomic mass is 16.4. The van der Waals surface area contributed by atoms with Crippen LogP contribution < -0.4 is 10.4 Å². The van der Waals surface area contributed by atoms with Crippen LogP contribution in [0.2, 0.25) is 0 Å². The zero-order valence-corrected chi connectivity index (χ0v) is 6.66. The minimum Gasteiger partial charge on any atom is -0.548 e. The lowest BCUT2D eigenvalue weighted by Crippen LogP contribution is -2.45. The topological polar surface area (TPSA) is 69.2 Å². The number of carboxylic acid groups (broad SMARTS) is 1. The fourth-order valence-corrected chi connectivity index (χ4v) is 0.786. The second-order valence-electron chi connectivity index (χ2n) is 2.79. The van der Waals surface area contributed by atoms with Crippen LogP contribution in [0.1, 0.15) is 20.3 Å². The summed E-state index contributed by atoms with van der Waals surface area (Å²) in [5.41, 5.74) is 0. The van der Waals surface area contributed by atoms with Crippen LogP contribution in [-0.2, 0) is 9.59 Å². The Hall–Kier alpha value is -1.06. The van der Waals surface area contributed by atoms with E-state index >= 15 is 0 Å². The van der Waals surface area contributed by atoms with Gasteiger partial charge < -0.3 is 15.2 Å². The van der Waals surface area contributed by atoms with E-state index in [4.69, 9.17) is 0 Å². The number of carboxylic acids is 1. The van der Waals surface area contributed by atoms with Crippen LogP contribution in [0, 0.1) is 5.92 Å². The molecule has 0 spiro atoms. The highest BCUT2D eigenvalue weighted by Gasteiger charge is 2.09. The summed E-state index contributed by atoms with van der Waals surface area (Å²) < 4.78 is 0. The van der Waals surface area contributed by atoms with Gasteiger partial charge in [0.05, 0.1) is 12.0 Å². The first kappa shape index (κ1) is 9.94. The highest BCUT2D eigenvalue weighted by molar-refractivity contribution is 5.74. The smallest absolute Gasteiger partial charge is 0.207 e. The number of carbonyl (C=O) groups excluding carboxylic acids is 2. The largest absolute Gasteiger partial charge is 0.548 e. The van der Waals surface area contributed by atoms with Gasteiger partial charge in [-0.15, -0.1) is 0 Å². The van der Waals surface area contributed by atoms with Gasteiger partial charge in [-0.3, -0.25) is 4.79 Å². The molecule has 0 aromatic rings. The Morgan fingerprint density at radius 2 is 2.18 bits per heavy atom. The molecule has 1 atom stereocenters. The summed E-state index contributed by atoms with van der Waals surface area (Å²) in [6.45, 7) is 3.75. The Kier molecular flexibility index (Phi) is 4.26. The zero-order chi connectivity index (χ0) is 8.85. The van der Waals surface area contributed by atoms with Gasteiger partial charge in [0, 0.05) is 0 Å². The molecule has 0 radical (unpaired) electrons. The van der Waals surface area contributed by atoms with Crippen molar-refractivity contribution < 1.29 is 14.7 Å². The summed E-state index contributed by atoms with van der Waals surface area (Å²) in [5, 5.41) is 12.5. The summed E-state index contributed by atoms with van der Waals surface area (Å²) in [5.74, 6) is -1.00. The predicted octanol–water partition coefficient (Wildman–Crippen LogP) is -1.10. The molecule has 64 valence electrons. The molecular formula is C7H12NO3-. The average molecular weight is 158 g/mol. The fourth-order valence-electron chi connectivity index (χ4n) is 0.786. The molecule has 0 aliphatic carbocycles. The lowest BCUT2D eigenvalue weighted by atomic mass is 10.0. The van der Waals surface area contributed by atoms with Crippen molar-refractivity contribution in [3.05, 3.63) is 0 Å². The molecule has 0 fully saturated rings. The Bertz CT molecular complexity index is 145. The molecule has 1 unspecified atom stereocenters. The van der Waals surface area contributed by atoms with Crippen molar-refractivity contribution in [3.63, 3.8) is 0 Å². The molecule has 0 aromatic carbocycles. The molecule has 0 aliphatic heterocycles. The summed E-state index contributed by atoms with van der Waals surface area (Å²) in [4.78, 5) is 20.2. The van der Waals surface area contributed by atoms with Crippen molar-refractivity contribution in [2.45, 2.75) is 26.3 Å². The van der Waals surface area contributed by atoms with E-state index < -0.39 is 12.0 Å². The molecule has 0 saturated heterocycles. The van der Waals surface area contributed by atoms with Gasteiger partial charge in [-0.05, 0) is 12.3 Å². The summed E-state index contributed by atoms with van der Waals surface area (Å²) in [6.07, 6.45) is 0.782. The van der Waals surface area contributed by atoms with Crippen LogP contribution in [-0.4, -0.2) is 18.4 Å². The number of hydrogen-bond acceptors (Lipinski definition) is 3. The maximum Gasteiger partial charge on any atom is 0.207 e. The van der Waals surface area contributed by atoms with Crippen molar-refractivity contribution in [1.29, 1.82) is 0 Å². The second-order valence-corrected chi connectivity index (χ2v) is 2.79. The molecule has 0 bridgehead atoms. The maximum atomic E-state index is 10.3. The summed E-state index contributed by atoms with van der Waals surface area (Å²) in [7, 11) is 0. The van der Waals surface area contributed by atoms with Crippen LogP contribution in [0.15, 0.2) is 0 Å². The van der Waals surface area contributed by atoms with Crippen LogP contribution >= 0.6 is 0 Å². The van der Waals surface area contributed by atoms with E-state index in [9.17, 15) is 14.7 Å². The molecule has 1 N–H and O–H groups in total. The van der Waals surface area contributed by atoms with Crippen molar-refractivity contribution in [2.75, 3.05) is 0 Å². The van der Waals surface area contributed by atoms with Gasteiger partial charge in [-0.1, -0.05) is 13.8 Å². The quantitative estimate of drug-likeness (QED) is 0.516. The molecule has 4 heteroatoms. The van der Waals surface area contributed by atoms with Crippen molar-refractivity contribution in [2.24, 2.45) is 5.92 Å². The number of aliphatic carboxylic acids is 1. The van der Waals surface area contributed by atoms with E-state index in [1.807, 2.05) is 13.8 Å². The van der Waals surface area contributed by atoms with Gasteiger partial charge in [-0.25, -0.2) is 0 Å². The first-order valence-electron chi connectivity index (χ1n) is 3.48. The van der Waals surface area contributed by atoms with Crippen LogP contribution in [0.4, 0.5) is 0 Å². The van der Waals surface area contributed by atoms with E-state index in [1.54, 1.807) is 0 Å². The lowest BCUT2D eigenvalue weighted by Gasteiger charge is -2.18. The molecule has 0 rings (SSSR count). The van der Waals surface area contributed by atoms with E-state index in [0.717, 1.165) is 0 Å². The minimum absolute atomic E-state index is 0.227. The summed E-state index contributed by atoms with van der Waals surface area (Å²) in [6, 6.07) is -0.854. The molecule has 0 saturated carbocycles. The van der Waals surface area contributed by atoms with E-state index in [1.165, 1.54) is 0 Å². The number of hydrogen-bond donors (Lipinski definition) is 1. The lowest BCUT2D eigenvalue weighted by molar-refractivity contribution is -0.308. The Morgan fingerprint density at radius 1 is 1.64 bits per heavy atom. The number of rotatable bonds is 5. The zero-order valence-electron chi connectivity index (χ0n) is 6.66. The molecular weight excluding hydrogens is 146 g/mol. The van der Waals surface area contributed by atoms with Crippen molar-refractivity contribution >= 4 is 12.4 Å². The highest BCUT2D eigenvalue weighted by Crippen LogP contribution is 2.02. The fraction of sp³-hybridized carbons (Fsp3) is 0.714. The number of carbonyl (C=O) groups is 2. The van der Waals surface area contributed by atoms with Crippen molar-refractivity contribution in [1.82, 2.24) is 5.32 Å². The van der Waals surface area contributed by atoms with E-state index in [2.05, 4.69) is 5.32 Å². The average Bonchev–Trinajstić information content (AvgIpc) is 1.86. The monoisotopic (exact) mass is 158 g/mol. The molecule has 0 heterocycles. The van der Waals surface area contributed by atoms with Crippen LogP contribution in [0.3, 0.4) is 0 Å². The van der Waals surface area contributed by atoms with Crippen LogP contribution in [0.25, 0.3) is 0 Å². The Balaban J connectivity index is 3.88. The first-order chi connectivity index (χ1) is 5.07. The standard InChI is InChI=1S/C7H13NO3/c1-5(2)3-6(7(10)11)8-4-9/h4-6H,3H2,1-2H3,(H,8,9)(H,10,11)/p-1. The molecule has 0 aromatic heterocycles. The van der Waals surface area contributed by atoms with Gasteiger partial charge >= 0.3 is 0 Å². The van der Waals surface area contributed by atoms with E-state index in [-0.39, 0.29) is 5.92 Å². The van der Waals surface area contributed by atoms with Gasteiger partial charge in [0.2, 0.25) is 6.41 Å². The number of amides is 1. The third kappa shape index (κ3) is 4.36. The third-order valence-electron chi connectivity index (χ3n) is 1.26. The molecule has 1 amide bonds. The third-order valence-corrected chi connectivity index (χ3v) is 1.26. The second kappa shape index (κ2) is 4.71. The van der Waals surface area contributed by atoms with Crippen molar-refractivity contribution in [3.8, 4) is 0 Å². The van der Waals surface area contributed by atoms with Gasteiger partial charge in [0.15, 0.2) is 0 Å². The normalized spacial score (nSPS) is 12.6. The van der Waals surface area contributed by atoms with Gasteiger partial charge in [0.1, 0.15) is 0 Å². The van der Waals surface area contributed by atoms with Gasteiger partial charge in [-0.2, -0.15) is 0 Å². The minimum atomic E-state index is -1.23. The maximum absolute atomic E-state index is 10.3. The van der Waals surface area contributed by atoms with Crippen LogP contribution in [0.5, 0.6) is 0 Å². The van der Waals surface area contributed by atoms with E-state index in [0.29, 0.717) is 12.8 Å². The van der Waals surface area contributed by atoms with Gasteiger partial charge in [0.25, 0.3) is 0 Å². The first-order valence-corrected chi connectivity index (χ1v) is 3.48. The molecule has 11 heavy (non-hydrogen) atoms.